The summed E-state index contributed by atoms with van der Waals surface area (Å²) in [4.78, 5) is 5.04. The van der Waals surface area contributed by atoms with Crippen LogP contribution in [0.15, 0.2) is 90.7 Å². The Morgan fingerprint density at radius 3 is 1.76 bits per heavy atom. The van der Waals surface area contributed by atoms with Crippen LogP contribution in [-0.4, -0.2) is 87.5 Å². The van der Waals surface area contributed by atoms with Crippen molar-refractivity contribution in [1.82, 2.24) is 10.2 Å². The van der Waals surface area contributed by atoms with Crippen LogP contribution in [0.25, 0.3) is 11.1 Å². The third-order valence-electron chi connectivity index (χ3n) is 10.4. The van der Waals surface area contributed by atoms with Crippen molar-refractivity contribution in [3.8, 4) is 57.1 Å². The number of hydrogen-bond acceptors (Lipinski definition) is 11. The van der Waals surface area contributed by atoms with Crippen molar-refractivity contribution in [1.29, 1.82) is 0 Å². The average molecular weight is 752 g/mol. The molecule has 2 heterocycles. The van der Waals surface area contributed by atoms with Crippen LogP contribution >= 0.6 is 0 Å². The highest BCUT2D eigenvalue weighted by atomic mass is 16.5. The molecule has 1 unspecified atom stereocenters. The second kappa shape index (κ2) is 18.1. The van der Waals surface area contributed by atoms with Crippen molar-refractivity contribution in [3.63, 3.8) is 0 Å². The van der Waals surface area contributed by atoms with E-state index in [0.29, 0.717) is 41.0 Å². The lowest BCUT2D eigenvalue weighted by atomic mass is 9.95. The highest BCUT2D eigenvalue weighted by molar-refractivity contribution is 5.74. The number of ether oxygens (including phenoxy) is 8. The van der Waals surface area contributed by atoms with Gasteiger partial charge in [-0.3, -0.25) is 4.90 Å². The molecule has 292 valence electrons. The van der Waals surface area contributed by atoms with Gasteiger partial charge in [-0.1, -0.05) is 30.3 Å². The largest absolute Gasteiger partial charge is 0.497 e. The molecule has 6 rings (SSSR count). The lowest BCUT2D eigenvalue weighted by molar-refractivity contribution is 0.224. The zero-order valence-electron chi connectivity index (χ0n) is 33.1. The molecule has 0 aliphatic carbocycles. The zero-order valence-corrected chi connectivity index (χ0v) is 33.1. The van der Waals surface area contributed by atoms with Crippen molar-refractivity contribution in [2.24, 2.45) is 0 Å². The third-order valence-corrected chi connectivity index (χ3v) is 10.4. The highest BCUT2D eigenvalue weighted by Gasteiger charge is 2.28. The van der Waals surface area contributed by atoms with Gasteiger partial charge in [0.25, 0.3) is 0 Å². The number of anilines is 1. The van der Waals surface area contributed by atoms with Gasteiger partial charge < -0.3 is 48.1 Å². The number of likely N-dealkylation sites (tertiary alicyclic amines) is 1. The zero-order chi connectivity index (χ0) is 38.9. The van der Waals surface area contributed by atoms with Crippen LogP contribution < -0.4 is 48.1 Å². The maximum atomic E-state index is 5.74. The number of nitrogens with one attached hydrogen (secondary N) is 1. The quantitative estimate of drug-likeness (QED) is 0.122. The lowest BCUT2D eigenvalue weighted by Gasteiger charge is -2.40. The second-order valence-corrected chi connectivity index (χ2v) is 13.5. The number of benzene rings is 4. The SMILES string of the molecule is COc1cc(OC)cc(N(Cc2ccccc2-c2cc(OC)c(OC)c(OC)c2)C2CCN(CC3=CC(c4cc(OC)c(OC)c(OC)c4)NC=C3)CC2)c1. The van der Waals surface area contributed by atoms with Gasteiger partial charge in [0.1, 0.15) is 11.5 Å². The number of hydrogen-bond donors (Lipinski definition) is 1. The summed E-state index contributed by atoms with van der Waals surface area (Å²) in [5.74, 6) is 5.14. The normalized spacial score (nSPS) is 15.7. The Morgan fingerprint density at radius 2 is 1.22 bits per heavy atom. The van der Waals surface area contributed by atoms with Gasteiger partial charge >= 0.3 is 0 Å². The van der Waals surface area contributed by atoms with E-state index in [1.165, 1.54) is 11.1 Å². The van der Waals surface area contributed by atoms with E-state index in [1.807, 2.05) is 36.5 Å². The maximum absolute atomic E-state index is 5.74. The summed E-state index contributed by atoms with van der Waals surface area (Å²) < 4.78 is 45.3. The Kier molecular flexibility index (Phi) is 12.8. The van der Waals surface area contributed by atoms with Gasteiger partial charge in [0.2, 0.25) is 11.5 Å². The molecule has 0 amide bonds. The van der Waals surface area contributed by atoms with E-state index in [9.17, 15) is 0 Å². The molecule has 11 nitrogen and oxygen atoms in total. The predicted octanol–water partition coefficient (Wildman–Crippen LogP) is 7.68. The molecule has 55 heavy (non-hydrogen) atoms. The van der Waals surface area contributed by atoms with Crippen molar-refractivity contribution in [2.45, 2.75) is 31.5 Å². The van der Waals surface area contributed by atoms with Gasteiger partial charge in [-0.25, -0.2) is 0 Å². The Hall–Kier alpha value is -5.68. The van der Waals surface area contributed by atoms with Crippen LogP contribution in [0, 0.1) is 0 Å². The van der Waals surface area contributed by atoms with Crippen LogP contribution in [0.3, 0.4) is 0 Å². The molecular weight excluding hydrogens is 698 g/mol. The van der Waals surface area contributed by atoms with Crippen molar-refractivity contribution < 1.29 is 37.9 Å². The Bertz CT molecular complexity index is 1920. The van der Waals surface area contributed by atoms with E-state index in [2.05, 4.69) is 63.7 Å². The van der Waals surface area contributed by atoms with Gasteiger partial charge in [0.05, 0.1) is 62.9 Å². The first kappa shape index (κ1) is 39.0. The summed E-state index contributed by atoms with van der Waals surface area (Å²) in [5.41, 5.74) is 6.58. The summed E-state index contributed by atoms with van der Waals surface area (Å²) >= 11 is 0. The molecule has 4 aromatic carbocycles. The summed E-state index contributed by atoms with van der Waals surface area (Å²) in [6, 6.07) is 22.9. The van der Waals surface area contributed by atoms with Crippen molar-refractivity contribution in [2.75, 3.05) is 81.4 Å². The molecule has 0 bridgehead atoms. The van der Waals surface area contributed by atoms with Gasteiger partial charge in [0.15, 0.2) is 23.0 Å². The molecule has 1 atom stereocenters. The molecular formula is C44H53N3O8. The molecule has 0 spiro atoms. The monoisotopic (exact) mass is 751 g/mol. The molecule has 2 aliphatic heterocycles. The molecule has 4 aromatic rings. The predicted molar refractivity (Wildman–Crippen MR) is 216 cm³/mol. The molecule has 0 saturated carbocycles. The van der Waals surface area contributed by atoms with E-state index in [-0.39, 0.29) is 12.1 Å². The first-order valence-electron chi connectivity index (χ1n) is 18.4. The molecule has 0 aromatic heterocycles. The Balaban J connectivity index is 1.25. The summed E-state index contributed by atoms with van der Waals surface area (Å²) in [6.07, 6.45) is 8.44. The van der Waals surface area contributed by atoms with E-state index < -0.39 is 0 Å². The second-order valence-electron chi connectivity index (χ2n) is 13.5. The molecule has 1 N–H and O–H groups in total. The van der Waals surface area contributed by atoms with Crippen LogP contribution in [-0.2, 0) is 6.54 Å². The Labute approximate surface area is 324 Å². The number of nitrogens with zero attached hydrogens (tertiary/aromatic N) is 2. The van der Waals surface area contributed by atoms with Crippen molar-refractivity contribution in [3.05, 3.63) is 102 Å². The summed E-state index contributed by atoms with van der Waals surface area (Å²) in [5, 5.41) is 3.48. The van der Waals surface area contributed by atoms with Crippen LogP contribution in [0.4, 0.5) is 5.69 Å². The number of methoxy groups -OCH3 is 8. The van der Waals surface area contributed by atoms with E-state index in [0.717, 1.165) is 66.4 Å². The Morgan fingerprint density at radius 1 is 0.655 bits per heavy atom. The first-order chi connectivity index (χ1) is 26.9. The molecule has 1 saturated heterocycles. The fourth-order valence-corrected chi connectivity index (χ4v) is 7.55. The number of dihydropyridines is 1. The molecule has 1 fully saturated rings. The minimum Gasteiger partial charge on any atom is -0.497 e. The third kappa shape index (κ3) is 8.67. The van der Waals surface area contributed by atoms with Gasteiger partial charge in [0, 0.05) is 56.1 Å². The maximum Gasteiger partial charge on any atom is 0.203 e. The van der Waals surface area contributed by atoms with E-state index in [4.69, 9.17) is 37.9 Å². The molecule has 0 radical (unpaired) electrons. The fourth-order valence-electron chi connectivity index (χ4n) is 7.55. The fraction of sp³-hybridized carbons (Fsp3) is 0.364. The van der Waals surface area contributed by atoms with Gasteiger partial charge in [-0.15, -0.1) is 0 Å². The van der Waals surface area contributed by atoms with E-state index in [1.54, 1.807) is 56.9 Å². The summed E-state index contributed by atoms with van der Waals surface area (Å²) in [7, 11) is 13.2. The highest BCUT2D eigenvalue weighted by Crippen LogP contribution is 2.43. The lowest BCUT2D eigenvalue weighted by Crippen LogP contribution is -2.45. The minimum absolute atomic E-state index is 0.0320. The van der Waals surface area contributed by atoms with Gasteiger partial charge in [-0.2, -0.15) is 0 Å². The average Bonchev–Trinajstić information content (AvgIpc) is 3.24. The standard InChI is InChI=1S/C44H53N3O8/c1-48-35-24-34(25-36(26-35)49-2)47(28-30-11-9-10-12-37(30)31-20-39(50-3)43(54-7)40(21-31)51-4)33-14-17-46(18-15-33)27-29-13-16-45-38(19-29)32-22-41(52-5)44(55-8)42(23-32)53-6/h9-13,16,19-26,33,38,45H,14-15,17-18,27-28H2,1-8H3. The topological polar surface area (TPSA) is 92.4 Å². The smallest absolute Gasteiger partial charge is 0.203 e. The van der Waals surface area contributed by atoms with Crippen molar-refractivity contribution >= 4 is 5.69 Å². The van der Waals surface area contributed by atoms with Crippen LogP contribution in [0.1, 0.15) is 30.0 Å². The molecule has 2 aliphatic rings. The van der Waals surface area contributed by atoms with Gasteiger partial charge in [-0.05, 0) is 77.2 Å². The van der Waals surface area contributed by atoms with E-state index >= 15 is 0 Å². The van der Waals surface area contributed by atoms with Crippen LogP contribution in [0.5, 0.6) is 46.0 Å². The number of piperidine rings is 1. The molecule has 11 heteroatoms. The number of rotatable bonds is 16. The summed E-state index contributed by atoms with van der Waals surface area (Å²) in [6.45, 7) is 3.42. The first-order valence-corrected chi connectivity index (χ1v) is 18.4. The van der Waals surface area contributed by atoms with Crippen LogP contribution in [0.2, 0.25) is 0 Å². The minimum atomic E-state index is -0.0320.